The average molecular weight is 286 g/mol. The minimum atomic E-state index is -1.27. The van der Waals surface area contributed by atoms with Crippen LogP contribution in [0.4, 0.5) is 5.69 Å². The molecule has 102 valence electrons. The van der Waals surface area contributed by atoms with E-state index in [4.69, 9.17) is 0 Å². The van der Waals surface area contributed by atoms with Gasteiger partial charge in [0.05, 0.1) is 11.7 Å². The summed E-state index contributed by atoms with van der Waals surface area (Å²) in [6, 6.07) is 14.1. The maximum Gasteiger partial charge on any atom is 0.221 e. The topological polar surface area (TPSA) is 69.2 Å². The summed E-state index contributed by atoms with van der Waals surface area (Å²) in [7, 11) is 0. The fourth-order valence-corrected chi connectivity index (χ4v) is 2.55. The van der Waals surface area contributed by atoms with Gasteiger partial charge in [-0.05, 0) is 29.8 Å². The number of aromatic carboxylic acids is 1. The Balaban J connectivity index is 2.36. The molecule has 0 heterocycles. The highest BCUT2D eigenvalue weighted by molar-refractivity contribution is 7.99. The second-order valence-electron chi connectivity index (χ2n) is 4.09. The number of carbonyl (C=O) groups is 2. The fourth-order valence-electron chi connectivity index (χ4n) is 1.65. The number of hydrogen-bond acceptors (Lipinski definition) is 4. The van der Waals surface area contributed by atoms with Crippen LogP contribution in [0.1, 0.15) is 17.3 Å². The Hall–Kier alpha value is -2.27. The predicted octanol–water partition coefficient (Wildman–Crippen LogP) is 2.16. The van der Waals surface area contributed by atoms with Gasteiger partial charge in [-0.25, -0.2) is 0 Å². The van der Waals surface area contributed by atoms with Gasteiger partial charge >= 0.3 is 0 Å². The summed E-state index contributed by atoms with van der Waals surface area (Å²) in [4.78, 5) is 23.9. The highest BCUT2D eigenvalue weighted by Gasteiger charge is 2.08. The predicted molar refractivity (Wildman–Crippen MR) is 75.6 cm³/mol. The molecule has 20 heavy (non-hydrogen) atoms. The Labute approximate surface area is 120 Å². The first kappa shape index (κ1) is 14.1. The van der Waals surface area contributed by atoms with Crippen molar-refractivity contribution in [1.29, 1.82) is 0 Å². The zero-order valence-electron chi connectivity index (χ0n) is 10.8. The molecular formula is C15H12NO3S-. The van der Waals surface area contributed by atoms with E-state index in [-0.39, 0.29) is 11.5 Å². The van der Waals surface area contributed by atoms with Crippen LogP contribution in [-0.4, -0.2) is 11.9 Å². The van der Waals surface area contributed by atoms with Crippen molar-refractivity contribution < 1.29 is 14.7 Å². The van der Waals surface area contributed by atoms with Crippen LogP contribution < -0.4 is 10.4 Å². The molecule has 0 saturated heterocycles. The van der Waals surface area contributed by atoms with E-state index in [2.05, 4.69) is 5.32 Å². The van der Waals surface area contributed by atoms with Crippen molar-refractivity contribution in [3.8, 4) is 0 Å². The van der Waals surface area contributed by atoms with Crippen molar-refractivity contribution in [1.82, 2.24) is 0 Å². The molecule has 1 amide bonds. The number of anilines is 1. The Morgan fingerprint density at radius 1 is 1.10 bits per heavy atom. The summed E-state index contributed by atoms with van der Waals surface area (Å²) in [5, 5.41) is 13.5. The molecule has 2 aromatic rings. The smallest absolute Gasteiger partial charge is 0.221 e. The standard InChI is InChI=1S/C15H13NO3S/c1-10(17)16-13-9-11(15(18)19)7-8-14(13)20-12-5-3-2-4-6-12/h2-9H,1H3,(H,16,17)(H,18,19)/p-1. The lowest BCUT2D eigenvalue weighted by Crippen LogP contribution is -2.22. The van der Waals surface area contributed by atoms with Crippen LogP contribution >= 0.6 is 11.8 Å². The zero-order chi connectivity index (χ0) is 14.5. The van der Waals surface area contributed by atoms with Gasteiger partial charge < -0.3 is 15.2 Å². The summed E-state index contributed by atoms with van der Waals surface area (Å²) in [6.07, 6.45) is 0. The largest absolute Gasteiger partial charge is 0.545 e. The number of carboxylic acid groups (broad SMARTS) is 1. The number of amides is 1. The van der Waals surface area contributed by atoms with Gasteiger partial charge in [0, 0.05) is 16.7 Å². The number of carboxylic acids is 1. The van der Waals surface area contributed by atoms with E-state index in [0.29, 0.717) is 5.69 Å². The summed E-state index contributed by atoms with van der Waals surface area (Å²) in [5.41, 5.74) is 0.499. The Kier molecular flexibility index (Phi) is 4.42. The quantitative estimate of drug-likeness (QED) is 0.935. The number of benzene rings is 2. The number of carbonyl (C=O) groups excluding carboxylic acids is 2. The SMILES string of the molecule is CC(=O)Nc1cc(C(=O)[O-])ccc1Sc1ccccc1. The minimum Gasteiger partial charge on any atom is -0.545 e. The third kappa shape index (κ3) is 3.61. The van der Waals surface area contributed by atoms with Crippen LogP contribution in [-0.2, 0) is 4.79 Å². The van der Waals surface area contributed by atoms with Crippen LogP contribution in [0, 0.1) is 0 Å². The maximum absolute atomic E-state index is 11.2. The maximum atomic E-state index is 11.2. The molecule has 0 fully saturated rings. The van der Waals surface area contributed by atoms with Gasteiger partial charge in [-0.15, -0.1) is 0 Å². The highest BCUT2D eigenvalue weighted by atomic mass is 32.2. The van der Waals surface area contributed by atoms with E-state index < -0.39 is 5.97 Å². The molecule has 4 nitrogen and oxygen atoms in total. The molecule has 5 heteroatoms. The normalized spacial score (nSPS) is 10.1. The molecule has 1 N–H and O–H groups in total. The van der Waals surface area contributed by atoms with Crippen molar-refractivity contribution in [2.24, 2.45) is 0 Å². The molecule has 0 aliphatic carbocycles. The van der Waals surface area contributed by atoms with Gasteiger partial charge in [0.1, 0.15) is 0 Å². The molecule has 0 aliphatic rings. The molecule has 2 rings (SSSR count). The van der Waals surface area contributed by atoms with E-state index in [9.17, 15) is 14.7 Å². The summed E-state index contributed by atoms with van der Waals surface area (Å²) < 4.78 is 0. The van der Waals surface area contributed by atoms with Crippen molar-refractivity contribution in [3.63, 3.8) is 0 Å². The third-order valence-corrected chi connectivity index (χ3v) is 3.58. The lowest BCUT2D eigenvalue weighted by Gasteiger charge is -2.12. The Morgan fingerprint density at radius 2 is 1.80 bits per heavy atom. The van der Waals surface area contributed by atoms with Gasteiger partial charge in [0.25, 0.3) is 0 Å². The van der Waals surface area contributed by atoms with Gasteiger partial charge in [0.2, 0.25) is 5.91 Å². The van der Waals surface area contributed by atoms with E-state index in [1.807, 2.05) is 30.3 Å². The number of rotatable bonds is 4. The average Bonchev–Trinajstić information content (AvgIpc) is 2.41. The molecule has 0 radical (unpaired) electrons. The molecule has 0 atom stereocenters. The Bertz CT molecular complexity index is 641. The first-order chi connectivity index (χ1) is 9.56. The minimum absolute atomic E-state index is 0.0335. The summed E-state index contributed by atoms with van der Waals surface area (Å²) in [6.45, 7) is 1.38. The molecule has 0 aliphatic heterocycles. The lowest BCUT2D eigenvalue weighted by atomic mass is 10.2. The highest BCUT2D eigenvalue weighted by Crippen LogP contribution is 2.34. The van der Waals surface area contributed by atoms with Crippen LogP contribution in [0.3, 0.4) is 0 Å². The molecule has 0 spiro atoms. The second-order valence-corrected chi connectivity index (χ2v) is 5.21. The van der Waals surface area contributed by atoms with Crippen LogP contribution in [0.15, 0.2) is 58.3 Å². The molecule has 0 aromatic heterocycles. The van der Waals surface area contributed by atoms with Crippen LogP contribution in [0.5, 0.6) is 0 Å². The molecule has 0 bridgehead atoms. The molecule has 0 saturated carbocycles. The third-order valence-electron chi connectivity index (χ3n) is 2.50. The summed E-state index contributed by atoms with van der Waals surface area (Å²) in [5.74, 6) is -1.52. The van der Waals surface area contributed by atoms with Crippen molar-refractivity contribution >= 4 is 29.3 Å². The number of nitrogens with one attached hydrogen (secondary N) is 1. The van der Waals surface area contributed by atoms with E-state index >= 15 is 0 Å². The molecular weight excluding hydrogens is 274 g/mol. The van der Waals surface area contributed by atoms with Crippen molar-refractivity contribution in [2.45, 2.75) is 16.7 Å². The second kappa shape index (κ2) is 6.25. The van der Waals surface area contributed by atoms with Crippen LogP contribution in [0.25, 0.3) is 0 Å². The Morgan fingerprint density at radius 3 is 2.40 bits per heavy atom. The van der Waals surface area contributed by atoms with E-state index in [1.165, 1.54) is 30.8 Å². The van der Waals surface area contributed by atoms with E-state index in [0.717, 1.165) is 9.79 Å². The fraction of sp³-hybridized carbons (Fsp3) is 0.0667. The van der Waals surface area contributed by atoms with Crippen molar-refractivity contribution in [3.05, 3.63) is 54.1 Å². The summed E-state index contributed by atoms with van der Waals surface area (Å²) >= 11 is 1.45. The zero-order valence-corrected chi connectivity index (χ0v) is 11.6. The lowest BCUT2D eigenvalue weighted by molar-refractivity contribution is -0.255. The van der Waals surface area contributed by atoms with E-state index in [1.54, 1.807) is 6.07 Å². The van der Waals surface area contributed by atoms with Crippen LogP contribution in [0.2, 0.25) is 0 Å². The van der Waals surface area contributed by atoms with Gasteiger partial charge in [-0.1, -0.05) is 36.0 Å². The number of hydrogen-bond donors (Lipinski definition) is 1. The monoisotopic (exact) mass is 286 g/mol. The van der Waals surface area contributed by atoms with Gasteiger partial charge in [-0.3, -0.25) is 4.79 Å². The first-order valence-corrected chi connectivity index (χ1v) is 6.74. The van der Waals surface area contributed by atoms with Crippen molar-refractivity contribution in [2.75, 3.05) is 5.32 Å². The first-order valence-electron chi connectivity index (χ1n) is 5.92. The molecule has 0 unspecified atom stereocenters. The van der Waals surface area contributed by atoms with Gasteiger partial charge in [-0.2, -0.15) is 0 Å². The van der Waals surface area contributed by atoms with Gasteiger partial charge in [0.15, 0.2) is 0 Å². The molecule has 2 aromatic carbocycles.